The van der Waals surface area contributed by atoms with Crippen LogP contribution in [0.25, 0.3) is 0 Å². The van der Waals surface area contributed by atoms with Gasteiger partial charge in [-0.05, 0) is 25.0 Å². The molecule has 1 aromatic rings. The van der Waals surface area contributed by atoms with Gasteiger partial charge in [-0.1, -0.05) is 19.3 Å². The van der Waals surface area contributed by atoms with Gasteiger partial charge in [-0.25, -0.2) is 0 Å². The van der Waals surface area contributed by atoms with E-state index in [1.165, 1.54) is 6.42 Å². The smallest absolute Gasteiger partial charge is 0.226 e. The molecule has 1 aliphatic heterocycles. The lowest BCUT2D eigenvalue weighted by molar-refractivity contribution is -0.117. The number of hydrogen-bond acceptors (Lipinski definition) is 4. The third-order valence-corrected chi connectivity index (χ3v) is 4.19. The molecule has 0 spiro atoms. The second-order valence-electron chi connectivity index (χ2n) is 6.01. The van der Waals surface area contributed by atoms with E-state index >= 15 is 0 Å². The van der Waals surface area contributed by atoms with E-state index in [-0.39, 0.29) is 11.4 Å². The number of rotatable bonds is 3. The summed E-state index contributed by atoms with van der Waals surface area (Å²) in [6, 6.07) is 5.45. The highest BCUT2D eigenvalue weighted by atomic mass is 16.6. The molecule has 0 saturated heterocycles. The average molecular weight is 290 g/mol. The Bertz CT molecular complexity index is 524. The van der Waals surface area contributed by atoms with Crippen LogP contribution in [0.4, 0.5) is 5.69 Å². The summed E-state index contributed by atoms with van der Waals surface area (Å²) in [5.74, 6) is 1.37. The number of anilines is 1. The van der Waals surface area contributed by atoms with Crippen LogP contribution in [0.3, 0.4) is 0 Å². The molecule has 5 heteroatoms. The van der Waals surface area contributed by atoms with Gasteiger partial charge in [0.25, 0.3) is 0 Å². The zero-order valence-electron chi connectivity index (χ0n) is 12.2. The molecule has 3 N–H and O–H groups in total. The molecule has 2 aliphatic rings. The molecule has 5 nitrogen and oxygen atoms in total. The maximum Gasteiger partial charge on any atom is 0.226 e. The van der Waals surface area contributed by atoms with Gasteiger partial charge in [0.05, 0.1) is 0 Å². The molecule has 0 aromatic heterocycles. The van der Waals surface area contributed by atoms with E-state index in [1.54, 1.807) is 6.07 Å². The normalized spacial score (nSPS) is 19.9. The Morgan fingerprint density at radius 1 is 1.14 bits per heavy atom. The zero-order valence-corrected chi connectivity index (χ0v) is 12.2. The standard InChI is InChI=1S/C16H22N2O3/c17-16(6-2-1-3-7-16)11-15(19)18-12-4-5-13-14(10-12)21-9-8-20-13/h4-5,10H,1-3,6-9,11,17H2,(H,18,19). The van der Waals surface area contributed by atoms with Gasteiger partial charge in [0.1, 0.15) is 13.2 Å². The predicted octanol–water partition coefficient (Wildman–Crippen LogP) is 2.45. The second-order valence-corrected chi connectivity index (χ2v) is 6.01. The van der Waals surface area contributed by atoms with Crippen molar-refractivity contribution in [2.75, 3.05) is 18.5 Å². The SMILES string of the molecule is NC1(CC(=O)Nc2ccc3c(c2)OCCO3)CCCCC1. The molecule has 1 aliphatic carbocycles. The minimum atomic E-state index is -0.337. The molecule has 21 heavy (non-hydrogen) atoms. The maximum atomic E-state index is 12.2. The van der Waals surface area contributed by atoms with Crippen molar-refractivity contribution in [2.24, 2.45) is 5.73 Å². The highest BCUT2D eigenvalue weighted by Gasteiger charge is 2.30. The van der Waals surface area contributed by atoms with Crippen LogP contribution in [0, 0.1) is 0 Å². The number of fused-ring (bicyclic) bond motifs is 1. The monoisotopic (exact) mass is 290 g/mol. The summed E-state index contributed by atoms with van der Waals surface area (Å²) in [5, 5.41) is 2.91. The first-order valence-electron chi connectivity index (χ1n) is 7.63. The summed E-state index contributed by atoms with van der Waals surface area (Å²) in [7, 11) is 0. The minimum absolute atomic E-state index is 0.0314. The van der Waals surface area contributed by atoms with E-state index in [9.17, 15) is 4.79 Å². The van der Waals surface area contributed by atoms with E-state index in [0.717, 1.165) is 37.1 Å². The molecular weight excluding hydrogens is 268 g/mol. The average Bonchev–Trinajstić information content (AvgIpc) is 2.47. The van der Waals surface area contributed by atoms with E-state index in [2.05, 4.69) is 5.32 Å². The van der Waals surface area contributed by atoms with Crippen molar-refractivity contribution in [1.82, 2.24) is 0 Å². The van der Waals surface area contributed by atoms with E-state index in [1.807, 2.05) is 12.1 Å². The first kappa shape index (κ1) is 14.2. The molecule has 3 rings (SSSR count). The fourth-order valence-electron chi connectivity index (χ4n) is 3.08. The fraction of sp³-hybridized carbons (Fsp3) is 0.562. The zero-order chi connectivity index (χ0) is 14.7. The Balaban J connectivity index is 1.62. The van der Waals surface area contributed by atoms with Crippen LogP contribution in [0.5, 0.6) is 11.5 Å². The van der Waals surface area contributed by atoms with E-state index < -0.39 is 0 Å². The van der Waals surface area contributed by atoms with Crippen molar-refractivity contribution in [3.8, 4) is 11.5 Å². The quantitative estimate of drug-likeness (QED) is 0.896. The van der Waals surface area contributed by atoms with Crippen molar-refractivity contribution in [3.05, 3.63) is 18.2 Å². The van der Waals surface area contributed by atoms with Crippen molar-refractivity contribution in [3.63, 3.8) is 0 Å². The van der Waals surface area contributed by atoms with Crippen LogP contribution in [-0.4, -0.2) is 24.7 Å². The second kappa shape index (κ2) is 5.93. The van der Waals surface area contributed by atoms with E-state index in [4.69, 9.17) is 15.2 Å². The molecule has 1 saturated carbocycles. The lowest BCUT2D eigenvalue weighted by Crippen LogP contribution is -2.44. The maximum absolute atomic E-state index is 12.2. The van der Waals surface area contributed by atoms with Gasteiger partial charge in [0, 0.05) is 23.7 Å². The Kier molecular flexibility index (Phi) is 4.01. The molecule has 1 fully saturated rings. The Hall–Kier alpha value is -1.75. The predicted molar refractivity (Wildman–Crippen MR) is 80.7 cm³/mol. The van der Waals surface area contributed by atoms with Crippen molar-refractivity contribution < 1.29 is 14.3 Å². The first-order valence-corrected chi connectivity index (χ1v) is 7.63. The number of ether oxygens (including phenoxy) is 2. The number of carbonyl (C=O) groups excluding carboxylic acids is 1. The summed E-state index contributed by atoms with van der Waals surface area (Å²) < 4.78 is 11.0. The molecule has 1 amide bonds. The summed E-state index contributed by atoms with van der Waals surface area (Å²) >= 11 is 0. The first-order chi connectivity index (χ1) is 10.1. The van der Waals surface area contributed by atoms with Crippen LogP contribution in [0.1, 0.15) is 38.5 Å². The van der Waals surface area contributed by atoms with Crippen molar-refractivity contribution in [2.45, 2.75) is 44.1 Å². The molecule has 0 atom stereocenters. The van der Waals surface area contributed by atoms with E-state index in [0.29, 0.717) is 25.4 Å². The van der Waals surface area contributed by atoms with Gasteiger partial charge in [-0.15, -0.1) is 0 Å². The molecule has 0 radical (unpaired) electrons. The minimum Gasteiger partial charge on any atom is -0.486 e. The third kappa shape index (κ3) is 3.47. The number of nitrogens with one attached hydrogen (secondary N) is 1. The summed E-state index contributed by atoms with van der Waals surface area (Å²) in [4.78, 5) is 12.2. The molecule has 114 valence electrons. The lowest BCUT2D eigenvalue weighted by Gasteiger charge is -2.32. The largest absolute Gasteiger partial charge is 0.486 e. The summed E-state index contributed by atoms with van der Waals surface area (Å²) in [6.07, 6.45) is 5.70. The number of nitrogens with two attached hydrogens (primary N) is 1. The van der Waals surface area contributed by atoms with Crippen LogP contribution < -0.4 is 20.5 Å². The van der Waals surface area contributed by atoms with Gasteiger partial charge in [-0.2, -0.15) is 0 Å². The highest BCUT2D eigenvalue weighted by molar-refractivity contribution is 5.91. The van der Waals surface area contributed by atoms with Crippen molar-refractivity contribution >= 4 is 11.6 Å². The molecule has 1 aromatic carbocycles. The molecule has 0 unspecified atom stereocenters. The van der Waals surface area contributed by atoms with Gasteiger partial charge in [0.15, 0.2) is 11.5 Å². The van der Waals surface area contributed by atoms with Gasteiger partial charge < -0.3 is 20.5 Å². The topological polar surface area (TPSA) is 73.6 Å². The van der Waals surface area contributed by atoms with Crippen LogP contribution >= 0.6 is 0 Å². The number of hydrogen-bond donors (Lipinski definition) is 2. The Morgan fingerprint density at radius 2 is 1.86 bits per heavy atom. The Labute approximate surface area is 124 Å². The fourth-order valence-corrected chi connectivity index (χ4v) is 3.08. The molecule has 1 heterocycles. The van der Waals surface area contributed by atoms with Gasteiger partial charge >= 0.3 is 0 Å². The summed E-state index contributed by atoms with van der Waals surface area (Å²) in [5.41, 5.74) is 6.71. The number of carbonyl (C=O) groups is 1. The molecule has 0 bridgehead atoms. The highest BCUT2D eigenvalue weighted by Crippen LogP contribution is 2.33. The van der Waals surface area contributed by atoms with Crippen LogP contribution in [-0.2, 0) is 4.79 Å². The number of amides is 1. The van der Waals surface area contributed by atoms with Crippen LogP contribution in [0.2, 0.25) is 0 Å². The summed E-state index contributed by atoms with van der Waals surface area (Å²) in [6.45, 7) is 1.10. The third-order valence-electron chi connectivity index (χ3n) is 4.19. The lowest BCUT2D eigenvalue weighted by atomic mass is 9.80. The Morgan fingerprint density at radius 3 is 2.62 bits per heavy atom. The number of benzene rings is 1. The van der Waals surface area contributed by atoms with Gasteiger partial charge in [0.2, 0.25) is 5.91 Å². The van der Waals surface area contributed by atoms with Crippen molar-refractivity contribution in [1.29, 1.82) is 0 Å². The van der Waals surface area contributed by atoms with Gasteiger partial charge in [-0.3, -0.25) is 4.79 Å². The molecular formula is C16H22N2O3. The van der Waals surface area contributed by atoms with Crippen LogP contribution in [0.15, 0.2) is 18.2 Å².